The van der Waals surface area contributed by atoms with Crippen LogP contribution in [0.15, 0.2) is 18.2 Å². The molecule has 0 aliphatic heterocycles. The molecule has 0 amide bonds. The van der Waals surface area contributed by atoms with Gasteiger partial charge < -0.3 is 14.8 Å². The van der Waals surface area contributed by atoms with E-state index in [1.165, 1.54) is 20.0 Å². The minimum atomic E-state index is -0.279. The predicted molar refractivity (Wildman–Crippen MR) is 82.1 cm³/mol. The van der Waals surface area contributed by atoms with E-state index in [9.17, 15) is 4.39 Å². The highest BCUT2D eigenvalue weighted by molar-refractivity contribution is 5.34. The average Bonchev–Trinajstić information content (AvgIpc) is 3.32. The van der Waals surface area contributed by atoms with E-state index in [1.807, 2.05) is 19.1 Å². The summed E-state index contributed by atoms with van der Waals surface area (Å²) < 4.78 is 25.7. The highest BCUT2D eigenvalue weighted by Crippen LogP contribution is 2.41. The molecule has 1 N–H and O–H groups in total. The number of methoxy groups -OCH3 is 1. The normalized spacial score (nSPS) is 17.5. The molecule has 0 aromatic heterocycles. The maximum atomic E-state index is 14.6. The fraction of sp³-hybridized carbons (Fsp3) is 0.647. The van der Waals surface area contributed by atoms with Crippen molar-refractivity contribution in [3.05, 3.63) is 29.6 Å². The van der Waals surface area contributed by atoms with Crippen molar-refractivity contribution < 1.29 is 13.9 Å². The molecule has 2 unspecified atom stereocenters. The van der Waals surface area contributed by atoms with Crippen LogP contribution in [-0.2, 0) is 4.74 Å². The minimum absolute atomic E-state index is 0.0307. The van der Waals surface area contributed by atoms with Crippen molar-refractivity contribution in [2.24, 2.45) is 5.92 Å². The maximum absolute atomic E-state index is 14.6. The van der Waals surface area contributed by atoms with Gasteiger partial charge in [0.05, 0.1) is 19.3 Å². The van der Waals surface area contributed by atoms with Crippen molar-refractivity contribution in [2.75, 3.05) is 20.3 Å². The van der Waals surface area contributed by atoms with Gasteiger partial charge in [-0.05, 0) is 44.7 Å². The molecule has 0 saturated heterocycles. The van der Waals surface area contributed by atoms with Gasteiger partial charge in [-0.25, -0.2) is 4.39 Å². The first-order valence-corrected chi connectivity index (χ1v) is 7.90. The second kappa shape index (κ2) is 7.76. The third-order valence-electron chi connectivity index (χ3n) is 3.94. The molecule has 1 aliphatic carbocycles. The van der Waals surface area contributed by atoms with Gasteiger partial charge in [0.2, 0.25) is 0 Å². The second-order valence-corrected chi connectivity index (χ2v) is 5.55. The number of ether oxygens (including phenoxy) is 2. The quantitative estimate of drug-likeness (QED) is 0.753. The summed E-state index contributed by atoms with van der Waals surface area (Å²) in [7, 11) is 1.50. The zero-order chi connectivity index (χ0) is 15.2. The maximum Gasteiger partial charge on any atom is 0.169 e. The van der Waals surface area contributed by atoms with Crippen LogP contribution < -0.4 is 10.1 Å². The third kappa shape index (κ3) is 3.95. The molecule has 4 heteroatoms. The van der Waals surface area contributed by atoms with Gasteiger partial charge in [0, 0.05) is 12.2 Å². The molecule has 2 atom stereocenters. The minimum Gasteiger partial charge on any atom is -0.494 e. The number of nitrogens with one attached hydrogen (secondary N) is 1. The van der Waals surface area contributed by atoms with Crippen LogP contribution >= 0.6 is 0 Å². The molecule has 2 rings (SSSR count). The van der Waals surface area contributed by atoms with Crippen LogP contribution in [0.1, 0.15) is 44.7 Å². The van der Waals surface area contributed by atoms with E-state index in [-0.39, 0.29) is 18.0 Å². The zero-order valence-electron chi connectivity index (χ0n) is 13.2. The lowest BCUT2D eigenvalue weighted by Gasteiger charge is -2.29. The Hall–Kier alpha value is -1.13. The largest absolute Gasteiger partial charge is 0.494 e. The Morgan fingerprint density at radius 3 is 2.67 bits per heavy atom. The number of halogens is 1. The van der Waals surface area contributed by atoms with Crippen LogP contribution in [0, 0.1) is 11.7 Å². The number of hydrogen-bond acceptors (Lipinski definition) is 3. The molecular weight excluding hydrogens is 269 g/mol. The lowest BCUT2D eigenvalue weighted by atomic mass is 9.96. The Morgan fingerprint density at radius 1 is 1.33 bits per heavy atom. The lowest BCUT2D eigenvalue weighted by Crippen LogP contribution is -2.36. The van der Waals surface area contributed by atoms with E-state index in [4.69, 9.17) is 9.47 Å². The molecule has 0 radical (unpaired) electrons. The van der Waals surface area contributed by atoms with Crippen molar-refractivity contribution in [3.8, 4) is 5.75 Å². The topological polar surface area (TPSA) is 30.5 Å². The number of hydrogen-bond donors (Lipinski definition) is 1. The molecule has 1 aromatic carbocycles. The summed E-state index contributed by atoms with van der Waals surface area (Å²) in [6, 6.07) is 5.21. The van der Waals surface area contributed by atoms with Gasteiger partial charge in [-0.3, -0.25) is 0 Å². The van der Waals surface area contributed by atoms with Gasteiger partial charge in [0.1, 0.15) is 0 Å². The highest BCUT2D eigenvalue weighted by atomic mass is 19.1. The molecule has 1 saturated carbocycles. The molecule has 0 heterocycles. The van der Waals surface area contributed by atoms with Crippen LogP contribution in [0.5, 0.6) is 5.75 Å². The summed E-state index contributed by atoms with van der Waals surface area (Å²) in [5, 5.41) is 3.46. The van der Waals surface area contributed by atoms with Crippen molar-refractivity contribution in [1.82, 2.24) is 5.32 Å². The molecule has 0 spiro atoms. The molecule has 3 nitrogen and oxygen atoms in total. The molecule has 21 heavy (non-hydrogen) atoms. The fourth-order valence-corrected chi connectivity index (χ4v) is 2.75. The van der Waals surface area contributed by atoms with Crippen LogP contribution in [-0.4, -0.2) is 26.4 Å². The Labute approximate surface area is 126 Å². The molecule has 0 bridgehead atoms. The fourth-order valence-electron chi connectivity index (χ4n) is 2.75. The third-order valence-corrected chi connectivity index (χ3v) is 3.94. The summed E-state index contributed by atoms with van der Waals surface area (Å²) in [4.78, 5) is 0. The van der Waals surface area contributed by atoms with Gasteiger partial charge in [0.15, 0.2) is 11.6 Å². The molecule has 1 fully saturated rings. The molecule has 1 aliphatic rings. The number of benzene rings is 1. The van der Waals surface area contributed by atoms with E-state index in [0.717, 1.165) is 13.0 Å². The highest BCUT2D eigenvalue weighted by Gasteiger charge is 2.39. The van der Waals surface area contributed by atoms with Gasteiger partial charge >= 0.3 is 0 Å². The second-order valence-electron chi connectivity index (χ2n) is 5.55. The smallest absolute Gasteiger partial charge is 0.169 e. The first kappa shape index (κ1) is 16.2. The van der Waals surface area contributed by atoms with Gasteiger partial charge in [-0.15, -0.1) is 0 Å². The van der Waals surface area contributed by atoms with E-state index < -0.39 is 0 Å². The molecular formula is C17H26FNO2. The van der Waals surface area contributed by atoms with E-state index in [1.54, 1.807) is 6.07 Å². The van der Waals surface area contributed by atoms with Crippen molar-refractivity contribution in [3.63, 3.8) is 0 Å². The van der Waals surface area contributed by atoms with Gasteiger partial charge in [-0.1, -0.05) is 19.1 Å². The summed E-state index contributed by atoms with van der Waals surface area (Å²) in [5.74, 6) is 0.547. The van der Waals surface area contributed by atoms with Crippen molar-refractivity contribution in [1.29, 1.82) is 0 Å². The molecule has 118 valence electrons. The number of rotatable bonds is 9. The predicted octanol–water partition coefficient (Wildman–Crippen LogP) is 3.69. The van der Waals surface area contributed by atoms with Crippen molar-refractivity contribution in [2.45, 2.75) is 45.3 Å². The average molecular weight is 295 g/mol. The van der Waals surface area contributed by atoms with Gasteiger partial charge in [0.25, 0.3) is 0 Å². The summed E-state index contributed by atoms with van der Waals surface area (Å²) in [6.45, 7) is 5.60. The SMILES string of the molecule is CCCNC(c1cccc(OC)c1F)C(OCC)C1CC1. The summed E-state index contributed by atoms with van der Waals surface area (Å²) >= 11 is 0. The van der Waals surface area contributed by atoms with E-state index in [2.05, 4.69) is 12.2 Å². The van der Waals surface area contributed by atoms with Gasteiger partial charge in [-0.2, -0.15) is 0 Å². The van der Waals surface area contributed by atoms with E-state index >= 15 is 0 Å². The summed E-state index contributed by atoms with van der Waals surface area (Å²) in [5.41, 5.74) is 0.646. The van der Waals surface area contributed by atoms with Crippen LogP contribution in [0.3, 0.4) is 0 Å². The first-order valence-electron chi connectivity index (χ1n) is 7.90. The molecule has 1 aromatic rings. The first-order chi connectivity index (χ1) is 10.2. The lowest BCUT2D eigenvalue weighted by molar-refractivity contribution is 0.0176. The Balaban J connectivity index is 2.29. The Bertz CT molecular complexity index is 448. The standard InChI is InChI=1S/C17H26FNO2/c1-4-11-19-16(17(21-5-2)12-9-10-12)13-7-6-8-14(20-3)15(13)18/h6-8,12,16-17,19H,4-5,9-11H2,1-3H3. The zero-order valence-corrected chi connectivity index (χ0v) is 13.2. The van der Waals surface area contributed by atoms with Crippen LogP contribution in [0.2, 0.25) is 0 Å². The monoisotopic (exact) mass is 295 g/mol. The summed E-state index contributed by atoms with van der Waals surface area (Å²) in [6.07, 6.45) is 3.37. The van der Waals surface area contributed by atoms with Crippen LogP contribution in [0.4, 0.5) is 4.39 Å². The Kier molecular flexibility index (Phi) is 6.00. The van der Waals surface area contributed by atoms with E-state index in [0.29, 0.717) is 23.8 Å². The van der Waals surface area contributed by atoms with Crippen LogP contribution in [0.25, 0.3) is 0 Å². The Morgan fingerprint density at radius 2 is 2.10 bits per heavy atom. The van der Waals surface area contributed by atoms with Crippen molar-refractivity contribution >= 4 is 0 Å².